The van der Waals surface area contributed by atoms with Gasteiger partial charge >= 0.3 is 0 Å². The number of allylic oxidation sites excluding steroid dienone is 1. The van der Waals surface area contributed by atoms with Crippen molar-refractivity contribution in [2.24, 2.45) is 0 Å². The van der Waals surface area contributed by atoms with E-state index in [1.165, 1.54) is 6.08 Å². The lowest BCUT2D eigenvalue weighted by atomic mass is 10.0. The summed E-state index contributed by atoms with van der Waals surface area (Å²) in [4.78, 5) is 25.5. The van der Waals surface area contributed by atoms with Crippen molar-refractivity contribution in [1.29, 1.82) is 0 Å². The molecule has 0 radical (unpaired) electrons. The first-order chi connectivity index (χ1) is 13.5. The van der Waals surface area contributed by atoms with Gasteiger partial charge in [0.1, 0.15) is 11.5 Å². The molecule has 0 atom stereocenters. The molecule has 0 N–H and O–H groups in total. The molecule has 0 saturated carbocycles. The molecule has 28 heavy (non-hydrogen) atoms. The zero-order valence-corrected chi connectivity index (χ0v) is 15.5. The van der Waals surface area contributed by atoms with Gasteiger partial charge in [0.25, 0.3) is 0 Å². The summed E-state index contributed by atoms with van der Waals surface area (Å²) in [5.74, 6) is 0.354. The Morgan fingerprint density at radius 3 is 2.29 bits per heavy atom. The molecule has 5 heteroatoms. The van der Waals surface area contributed by atoms with E-state index >= 15 is 0 Å². The highest BCUT2D eigenvalue weighted by Crippen LogP contribution is 2.36. The molecular weight excluding hydrogens is 376 g/mol. The van der Waals surface area contributed by atoms with E-state index in [1.54, 1.807) is 31.2 Å². The minimum atomic E-state index is -0.383. The van der Waals surface area contributed by atoms with Gasteiger partial charge in [-0.3, -0.25) is 9.59 Å². The first-order valence-electron chi connectivity index (χ1n) is 8.72. The first-order valence-corrected chi connectivity index (χ1v) is 9.10. The molecule has 0 fully saturated rings. The number of furan rings is 2. The minimum absolute atomic E-state index is 0.0471. The molecule has 136 valence electrons. The molecule has 1 aliphatic carbocycles. The number of Topliss-reactive ketones (excluding diaryl/α,β-unsaturated/α-hetero) is 2. The van der Waals surface area contributed by atoms with Crippen LogP contribution in [0.15, 0.2) is 69.0 Å². The predicted molar refractivity (Wildman–Crippen MR) is 107 cm³/mol. The largest absolute Gasteiger partial charge is 0.453 e. The summed E-state index contributed by atoms with van der Waals surface area (Å²) in [5.41, 5.74) is 3.44. The van der Waals surface area contributed by atoms with Crippen LogP contribution in [0.3, 0.4) is 0 Å². The van der Waals surface area contributed by atoms with Crippen molar-refractivity contribution < 1.29 is 18.4 Å². The van der Waals surface area contributed by atoms with Crippen molar-refractivity contribution in [1.82, 2.24) is 0 Å². The molecule has 1 aliphatic rings. The Morgan fingerprint density at radius 1 is 0.857 bits per heavy atom. The van der Waals surface area contributed by atoms with Crippen LogP contribution in [-0.2, 0) is 0 Å². The van der Waals surface area contributed by atoms with E-state index < -0.39 is 0 Å². The van der Waals surface area contributed by atoms with Gasteiger partial charge in [-0.1, -0.05) is 48.0 Å². The van der Waals surface area contributed by atoms with E-state index in [4.69, 9.17) is 20.4 Å². The van der Waals surface area contributed by atoms with Crippen LogP contribution in [0.1, 0.15) is 32.0 Å². The number of hydrogen-bond donors (Lipinski definition) is 0. The summed E-state index contributed by atoms with van der Waals surface area (Å²) in [5, 5.41) is 0.281. The van der Waals surface area contributed by atoms with Gasteiger partial charge in [-0.25, -0.2) is 0 Å². The van der Waals surface area contributed by atoms with E-state index in [2.05, 4.69) is 0 Å². The average molecular weight is 389 g/mol. The van der Waals surface area contributed by atoms with Crippen LogP contribution in [0.4, 0.5) is 0 Å². The number of carbonyl (C=O) groups is 2. The standard InChI is InChI=1S/C23H13ClO4/c1-12-7-8-16(24)21-20(12)22(25)15(23(21)26)9-14-10-18-19(27-14)11-17(28-18)13-5-3-2-4-6-13/h2-11H,1H3/b15-9+. The Balaban J connectivity index is 1.55. The molecular formula is C23H13ClO4. The maximum Gasteiger partial charge on any atom is 0.199 e. The van der Waals surface area contributed by atoms with Crippen LogP contribution in [0, 0.1) is 6.92 Å². The van der Waals surface area contributed by atoms with Crippen LogP contribution in [0.2, 0.25) is 5.02 Å². The van der Waals surface area contributed by atoms with E-state index in [0.717, 1.165) is 11.1 Å². The van der Waals surface area contributed by atoms with Gasteiger partial charge in [0.15, 0.2) is 22.7 Å². The Morgan fingerprint density at radius 2 is 1.57 bits per heavy atom. The van der Waals surface area contributed by atoms with E-state index in [1.807, 2.05) is 30.3 Å². The maximum atomic E-state index is 12.8. The van der Waals surface area contributed by atoms with Crippen LogP contribution in [0.25, 0.3) is 28.6 Å². The summed E-state index contributed by atoms with van der Waals surface area (Å²) in [6, 6.07) is 16.5. The zero-order valence-electron chi connectivity index (χ0n) is 14.8. The molecule has 0 amide bonds. The van der Waals surface area contributed by atoms with E-state index in [-0.39, 0.29) is 27.7 Å². The number of ketones is 2. The van der Waals surface area contributed by atoms with Crippen molar-refractivity contribution in [3.05, 3.63) is 87.6 Å². The normalized spacial score (nSPS) is 15.0. The molecule has 4 aromatic rings. The van der Waals surface area contributed by atoms with Crippen LogP contribution >= 0.6 is 11.6 Å². The number of aryl methyl sites for hydroxylation is 1. The topological polar surface area (TPSA) is 60.4 Å². The summed E-state index contributed by atoms with van der Waals surface area (Å²) < 4.78 is 11.6. The molecule has 2 aromatic carbocycles. The third kappa shape index (κ3) is 2.46. The molecule has 2 aromatic heterocycles. The lowest BCUT2D eigenvalue weighted by Crippen LogP contribution is -2.00. The van der Waals surface area contributed by atoms with Gasteiger partial charge in [0, 0.05) is 23.3 Å². The molecule has 5 rings (SSSR count). The molecule has 0 aliphatic heterocycles. The Hall–Kier alpha value is -3.37. The molecule has 0 bridgehead atoms. The Labute approximate surface area is 165 Å². The third-order valence-corrected chi connectivity index (χ3v) is 5.19. The summed E-state index contributed by atoms with van der Waals surface area (Å²) >= 11 is 6.15. The molecule has 4 nitrogen and oxygen atoms in total. The third-order valence-electron chi connectivity index (χ3n) is 4.88. The number of carbonyl (C=O) groups excluding carboxylic acids is 2. The van der Waals surface area contributed by atoms with E-state index in [0.29, 0.717) is 28.2 Å². The number of fused-ring (bicyclic) bond motifs is 2. The monoisotopic (exact) mass is 388 g/mol. The number of halogens is 1. The fourth-order valence-corrected chi connectivity index (χ4v) is 3.76. The second-order valence-corrected chi connectivity index (χ2v) is 7.09. The Kier molecular flexibility index (Phi) is 3.64. The smallest absolute Gasteiger partial charge is 0.199 e. The predicted octanol–water partition coefficient (Wildman–Crippen LogP) is 6.12. The maximum absolute atomic E-state index is 12.8. The van der Waals surface area contributed by atoms with Crippen LogP contribution in [-0.4, -0.2) is 11.6 Å². The number of rotatable bonds is 2. The number of hydrogen-bond acceptors (Lipinski definition) is 4. The Bertz CT molecular complexity index is 1230. The van der Waals surface area contributed by atoms with Crippen LogP contribution < -0.4 is 0 Å². The summed E-state index contributed by atoms with van der Waals surface area (Å²) in [6.45, 7) is 1.79. The zero-order chi connectivity index (χ0) is 19.4. The second-order valence-electron chi connectivity index (χ2n) is 6.68. The van der Waals surface area contributed by atoms with Gasteiger partial charge in [-0.2, -0.15) is 0 Å². The van der Waals surface area contributed by atoms with Crippen molar-refractivity contribution >= 4 is 40.4 Å². The highest BCUT2D eigenvalue weighted by molar-refractivity contribution is 6.46. The van der Waals surface area contributed by atoms with Crippen molar-refractivity contribution in [2.75, 3.05) is 0 Å². The lowest BCUT2D eigenvalue weighted by molar-refractivity contribution is 0.0990. The second kappa shape index (κ2) is 6.08. The van der Waals surface area contributed by atoms with Crippen molar-refractivity contribution in [3.63, 3.8) is 0 Å². The number of benzene rings is 2. The molecule has 0 unspecified atom stereocenters. The van der Waals surface area contributed by atoms with Crippen molar-refractivity contribution in [3.8, 4) is 11.3 Å². The van der Waals surface area contributed by atoms with Gasteiger partial charge in [0.2, 0.25) is 0 Å². The average Bonchev–Trinajstić information content (AvgIpc) is 3.32. The van der Waals surface area contributed by atoms with Gasteiger partial charge in [0.05, 0.1) is 16.2 Å². The van der Waals surface area contributed by atoms with Gasteiger partial charge in [-0.05, 0) is 24.6 Å². The fourth-order valence-electron chi connectivity index (χ4n) is 3.51. The fraction of sp³-hybridized carbons (Fsp3) is 0.0435. The van der Waals surface area contributed by atoms with Crippen molar-refractivity contribution in [2.45, 2.75) is 6.92 Å². The quantitative estimate of drug-likeness (QED) is 0.306. The highest BCUT2D eigenvalue weighted by Gasteiger charge is 2.36. The summed E-state index contributed by atoms with van der Waals surface area (Å²) in [7, 11) is 0. The lowest BCUT2D eigenvalue weighted by Gasteiger charge is -2.01. The van der Waals surface area contributed by atoms with Crippen LogP contribution in [0.5, 0.6) is 0 Å². The van der Waals surface area contributed by atoms with E-state index in [9.17, 15) is 9.59 Å². The summed E-state index contributed by atoms with van der Waals surface area (Å²) in [6.07, 6.45) is 1.46. The molecule has 0 saturated heterocycles. The van der Waals surface area contributed by atoms with Gasteiger partial charge < -0.3 is 8.83 Å². The molecule has 0 spiro atoms. The molecule has 2 heterocycles. The van der Waals surface area contributed by atoms with Gasteiger partial charge in [-0.15, -0.1) is 0 Å². The SMILES string of the molecule is Cc1ccc(Cl)c2c1C(=O)/C(=C\c1cc3oc(-c4ccccc4)cc3o1)C2=O. The first kappa shape index (κ1) is 16.8. The highest BCUT2D eigenvalue weighted by atomic mass is 35.5. The minimum Gasteiger partial charge on any atom is -0.453 e.